The Bertz CT molecular complexity index is 1680. The van der Waals surface area contributed by atoms with Crippen LogP contribution in [0, 0.1) is 0 Å². The number of aryl methyl sites for hydroxylation is 1. The van der Waals surface area contributed by atoms with E-state index in [1.54, 1.807) is 6.08 Å². The summed E-state index contributed by atoms with van der Waals surface area (Å²) in [4.78, 5) is 19.6. The molecule has 1 atom stereocenters. The molecule has 0 unspecified atom stereocenters. The lowest BCUT2D eigenvalue weighted by Crippen LogP contribution is -2.38. The summed E-state index contributed by atoms with van der Waals surface area (Å²) < 4.78 is 9.15. The average Bonchev–Trinajstić information content (AvgIpc) is 3.22. The maximum atomic E-state index is 13.8. The fraction of sp³-hybridized carbons (Fsp3) is 0.133. The lowest BCUT2D eigenvalue weighted by atomic mass is 9.83. The van der Waals surface area contributed by atoms with Gasteiger partial charge in [-0.1, -0.05) is 88.5 Å². The van der Waals surface area contributed by atoms with Crippen LogP contribution < -0.4 is 19.6 Å². The van der Waals surface area contributed by atoms with Gasteiger partial charge in [-0.25, -0.2) is 4.99 Å². The Morgan fingerprint density at radius 2 is 1.83 bits per heavy atom. The zero-order chi connectivity index (χ0) is 24.6. The molecule has 0 fully saturated rings. The molecule has 4 nitrogen and oxygen atoms in total. The normalized spacial score (nSPS) is 16.6. The van der Waals surface area contributed by atoms with Crippen LogP contribution in [0.5, 0.6) is 5.75 Å². The minimum absolute atomic E-state index is 0.0101. The number of nitrogens with zero attached hydrogens (tertiary/aromatic N) is 2. The van der Waals surface area contributed by atoms with E-state index in [-0.39, 0.29) is 11.6 Å². The summed E-state index contributed by atoms with van der Waals surface area (Å²) in [6, 6.07) is 24.3. The van der Waals surface area contributed by atoms with E-state index in [0.717, 1.165) is 44.7 Å². The molecule has 0 saturated heterocycles. The summed E-state index contributed by atoms with van der Waals surface area (Å²) in [7, 11) is 0. The maximum absolute atomic E-state index is 13.8. The minimum atomic E-state index is -0.172. The Labute approximate surface area is 221 Å². The second-order valence-corrected chi connectivity index (χ2v) is 10.8. The number of aromatic nitrogens is 1. The number of fused-ring (bicyclic) bond motifs is 3. The van der Waals surface area contributed by atoms with Crippen LogP contribution in [0.2, 0.25) is 0 Å². The Kier molecular flexibility index (Phi) is 6.07. The molecule has 2 heterocycles. The predicted octanol–water partition coefficient (Wildman–Crippen LogP) is 5.65. The number of hydrogen-bond acceptors (Lipinski definition) is 4. The summed E-state index contributed by atoms with van der Waals surface area (Å²) in [5.41, 5.74) is 6.74. The lowest BCUT2D eigenvalue weighted by molar-refractivity contribution is 0.363. The lowest BCUT2D eigenvalue weighted by Gasteiger charge is -2.30. The van der Waals surface area contributed by atoms with Crippen LogP contribution in [0.4, 0.5) is 0 Å². The largest absolute Gasteiger partial charge is 0.490 e. The third kappa shape index (κ3) is 4.10. The van der Waals surface area contributed by atoms with Crippen LogP contribution in [-0.2, 0) is 6.42 Å². The van der Waals surface area contributed by atoms with Crippen molar-refractivity contribution in [1.29, 1.82) is 0 Å². The predicted molar refractivity (Wildman–Crippen MR) is 149 cm³/mol. The van der Waals surface area contributed by atoms with E-state index >= 15 is 0 Å². The topological polar surface area (TPSA) is 43.6 Å². The second kappa shape index (κ2) is 9.52. The van der Waals surface area contributed by atoms with Crippen LogP contribution >= 0.6 is 27.3 Å². The van der Waals surface area contributed by atoms with Gasteiger partial charge in [0, 0.05) is 10.0 Å². The quantitative estimate of drug-likeness (QED) is 0.299. The third-order valence-electron chi connectivity index (χ3n) is 6.60. The molecule has 4 aromatic rings. The molecule has 36 heavy (non-hydrogen) atoms. The molecule has 178 valence electrons. The number of ether oxygens (including phenoxy) is 1. The number of halogens is 1. The molecular formula is C30H23BrN2O2S. The van der Waals surface area contributed by atoms with E-state index in [0.29, 0.717) is 11.1 Å². The van der Waals surface area contributed by atoms with Crippen molar-refractivity contribution in [3.8, 4) is 5.75 Å². The fourth-order valence-corrected chi connectivity index (χ4v) is 6.20. The van der Waals surface area contributed by atoms with E-state index in [4.69, 9.17) is 9.73 Å². The Hall–Kier alpha value is -3.48. The highest BCUT2D eigenvalue weighted by atomic mass is 79.9. The van der Waals surface area contributed by atoms with Crippen molar-refractivity contribution in [3.63, 3.8) is 0 Å². The molecular weight excluding hydrogens is 532 g/mol. The zero-order valence-corrected chi connectivity index (χ0v) is 21.9. The Morgan fingerprint density at radius 1 is 1.06 bits per heavy atom. The van der Waals surface area contributed by atoms with Gasteiger partial charge in [0.1, 0.15) is 12.4 Å². The molecule has 0 spiro atoms. The van der Waals surface area contributed by atoms with Crippen LogP contribution in [0.3, 0.4) is 0 Å². The molecule has 0 bridgehead atoms. The van der Waals surface area contributed by atoms with Gasteiger partial charge in [-0.05, 0) is 65.4 Å². The third-order valence-corrected chi connectivity index (χ3v) is 8.12. The number of hydrogen-bond donors (Lipinski definition) is 0. The van der Waals surface area contributed by atoms with Gasteiger partial charge in [0.05, 0.1) is 16.3 Å². The first-order chi connectivity index (χ1) is 17.6. The number of rotatable bonds is 5. The summed E-state index contributed by atoms with van der Waals surface area (Å²) in [5.74, 6) is 0.773. The SMILES string of the molecule is C=CCOc1ccc(/C=c2\sc3n(c2=O)[C@H](c2ccc(Br)cc2)C2=C(N=3)c3ccccc3CC2)cc1. The molecule has 0 radical (unpaired) electrons. The van der Waals surface area contributed by atoms with Crippen LogP contribution in [0.25, 0.3) is 11.8 Å². The standard InChI is InChI=1S/C30H23BrN2O2S/c1-2-17-35-23-14-7-19(8-15-23)18-26-29(34)33-28(21-9-12-22(31)13-10-21)25-16-11-20-5-3-4-6-24(20)27(25)32-30(33)36-26/h2-10,12-15,18,28H,1,11,16-17H2/b26-18-/t28-/m1/s1. The van der Waals surface area contributed by atoms with E-state index in [9.17, 15) is 4.79 Å². The molecule has 0 saturated carbocycles. The van der Waals surface area contributed by atoms with Gasteiger partial charge in [0.25, 0.3) is 5.56 Å². The summed E-state index contributed by atoms with van der Waals surface area (Å²) in [5, 5.41) is 0. The Morgan fingerprint density at radius 3 is 2.61 bits per heavy atom. The van der Waals surface area contributed by atoms with Crippen LogP contribution in [-0.4, -0.2) is 11.2 Å². The number of thiazole rings is 1. The molecule has 6 heteroatoms. The van der Waals surface area contributed by atoms with E-state index in [1.807, 2.05) is 47.0 Å². The molecule has 1 aliphatic heterocycles. The van der Waals surface area contributed by atoms with Gasteiger partial charge in [-0.3, -0.25) is 9.36 Å². The molecule has 1 aliphatic carbocycles. The highest BCUT2D eigenvalue weighted by Crippen LogP contribution is 2.41. The molecule has 6 rings (SSSR count). The van der Waals surface area contributed by atoms with E-state index in [2.05, 4.69) is 58.9 Å². The summed E-state index contributed by atoms with van der Waals surface area (Å²) in [6.45, 7) is 4.14. The van der Waals surface area contributed by atoms with E-state index < -0.39 is 0 Å². The highest BCUT2D eigenvalue weighted by Gasteiger charge is 2.32. The van der Waals surface area contributed by atoms with Gasteiger partial charge in [-0.2, -0.15) is 0 Å². The molecule has 0 N–H and O–H groups in total. The van der Waals surface area contributed by atoms with Crippen molar-refractivity contribution in [2.45, 2.75) is 18.9 Å². The van der Waals surface area contributed by atoms with Gasteiger partial charge in [0.2, 0.25) is 0 Å². The monoisotopic (exact) mass is 554 g/mol. The Balaban J connectivity index is 1.52. The van der Waals surface area contributed by atoms with Crippen molar-refractivity contribution in [2.75, 3.05) is 6.61 Å². The first kappa shape index (κ1) is 23.0. The summed E-state index contributed by atoms with van der Waals surface area (Å²) in [6.07, 6.45) is 5.49. The van der Waals surface area contributed by atoms with Crippen molar-refractivity contribution in [1.82, 2.24) is 4.57 Å². The fourth-order valence-electron chi connectivity index (χ4n) is 4.93. The van der Waals surface area contributed by atoms with Gasteiger partial charge in [0.15, 0.2) is 4.80 Å². The van der Waals surface area contributed by atoms with Crippen molar-refractivity contribution < 1.29 is 4.74 Å². The highest BCUT2D eigenvalue weighted by molar-refractivity contribution is 9.10. The zero-order valence-electron chi connectivity index (χ0n) is 19.5. The molecule has 3 aromatic carbocycles. The minimum Gasteiger partial charge on any atom is -0.490 e. The summed E-state index contributed by atoms with van der Waals surface area (Å²) >= 11 is 5.00. The molecule has 0 amide bonds. The molecule has 1 aromatic heterocycles. The van der Waals surface area contributed by atoms with Gasteiger partial charge in [-0.15, -0.1) is 0 Å². The van der Waals surface area contributed by atoms with Crippen molar-refractivity contribution in [3.05, 3.63) is 137 Å². The molecule has 2 aliphatic rings. The van der Waals surface area contributed by atoms with Crippen LogP contribution in [0.15, 0.2) is 105 Å². The first-order valence-electron chi connectivity index (χ1n) is 11.8. The number of benzene rings is 3. The first-order valence-corrected chi connectivity index (χ1v) is 13.5. The van der Waals surface area contributed by atoms with E-state index in [1.165, 1.54) is 28.0 Å². The van der Waals surface area contributed by atoms with Crippen molar-refractivity contribution >= 4 is 39.0 Å². The smallest absolute Gasteiger partial charge is 0.271 e. The van der Waals surface area contributed by atoms with Gasteiger partial charge < -0.3 is 4.74 Å². The number of allylic oxidation sites excluding steroid dienone is 1. The maximum Gasteiger partial charge on any atom is 0.271 e. The van der Waals surface area contributed by atoms with Crippen molar-refractivity contribution in [2.24, 2.45) is 4.99 Å². The average molecular weight is 555 g/mol. The van der Waals surface area contributed by atoms with Gasteiger partial charge >= 0.3 is 0 Å². The second-order valence-electron chi connectivity index (χ2n) is 8.83. The van der Waals surface area contributed by atoms with Crippen LogP contribution in [0.1, 0.15) is 34.7 Å².